The number of halogens is 4. The van der Waals surface area contributed by atoms with E-state index in [9.17, 15) is 13.2 Å². The van der Waals surface area contributed by atoms with Crippen molar-refractivity contribution in [3.05, 3.63) is 17.7 Å². The highest BCUT2D eigenvalue weighted by Gasteiger charge is 2.29. The average Bonchev–Trinajstić information content (AvgIpc) is 2.24. The molecule has 17 heavy (non-hydrogen) atoms. The van der Waals surface area contributed by atoms with Crippen LogP contribution in [0.2, 0.25) is 0 Å². The standard InChI is InChI=1S/C10H12ClF3N2O/c1-6(2)9-15-4-8(7(3-11)16-9)17-5-10(12,13)14/h4,6H,3,5H2,1-2H3. The highest BCUT2D eigenvalue weighted by molar-refractivity contribution is 6.17. The first kappa shape index (κ1) is 14.0. The van der Waals surface area contributed by atoms with Crippen LogP contribution in [0.4, 0.5) is 13.2 Å². The zero-order valence-electron chi connectivity index (χ0n) is 9.38. The molecule has 1 heterocycles. The first-order chi connectivity index (χ1) is 7.83. The molecule has 0 N–H and O–H groups in total. The van der Waals surface area contributed by atoms with Gasteiger partial charge < -0.3 is 4.74 Å². The minimum atomic E-state index is -4.39. The quantitative estimate of drug-likeness (QED) is 0.786. The summed E-state index contributed by atoms with van der Waals surface area (Å²) in [5.41, 5.74) is 0.273. The van der Waals surface area contributed by atoms with Crippen molar-refractivity contribution in [1.82, 2.24) is 9.97 Å². The van der Waals surface area contributed by atoms with Crippen LogP contribution in [0.1, 0.15) is 31.3 Å². The molecule has 0 atom stereocenters. The van der Waals surface area contributed by atoms with Gasteiger partial charge in [0.05, 0.1) is 12.1 Å². The van der Waals surface area contributed by atoms with Gasteiger partial charge in [0, 0.05) is 5.92 Å². The van der Waals surface area contributed by atoms with Crippen molar-refractivity contribution in [3.8, 4) is 5.75 Å². The monoisotopic (exact) mass is 268 g/mol. The fraction of sp³-hybridized carbons (Fsp3) is 0.600. The van der Waals surface area contributed by atoms with Gasteiger partial charge in [-0.2, -0.15) is 13.2 Å². The molecular formula is C10H12ClF3N2O. The lowest BCUT2D eigenvalue weighted by molar-refractivity contribution is -0.153. The first-order valence-electron chi connectivity index (χ1n) is 4.95. The molecule has 0 bridgehead atoms. The van der Waals surface area contributed by atoms with Gasteiger partial charge in [-0.25, -0.2) is 9.97 Å². The fourth-order valence-electron chi connectivity index (χ4n) is 1.08. The van der Waals surface area contributed by atoms with Gasteiger partial charge in [-0.05, 0) is 0 Å². The number of hydrogen-bond donors (Lipinski definition) is 0. The van der Waals surface area contributed by atoms with Gasteiger partial charge in [0.2, 0.25) is 0 Å². The summed E-state index contributed by atoms with van der Waals surface area (Å²) in [5.74, 6) is 0.561. The highest BCUT2D eigenvalue weighted by Crippen LogP contribution is 2.23. The van der Waals surface area contributed by atoms with Crippen molar-refractivity contribution >= 4 is 11.6 Å². The van der Waals surface area contributed by atoms with Gasteiger partial charge in [-0.15, -0.1) is 11.6 Å². The molecule has 3 nitrogen and oxygen atoms in total. The molecule has 1 aromatic rings. The van der Waals surface area contributed by atoms with Crippen LogP contribution >= 0.6 is 11.6 Å². The third-order valence-corrected chi connectivity index (χ3v) is 2.14. The van der Waals surface area contributed by atoms with Gasteiger partial charge >= 0.3 is 6.18 Å². The molecule has 1 rings (SSSR count). The third kappa shape index (κ3) is 4.38. The van der Waals surface area contributed by atoms with E-state index in [4.69, 9.17) is 11.6 Å². The van der Waals surface area contributed by atoms with Gasteiger partial charge in [0.1, 0.15) is 11.5 Å². The van der Waals surface area contributed by atoms with E-state index < -0.39 is 12.8 Å². The molecular weight excluding hydrogens is 257 g/mol. The van der Waals surface area contributed by atoms with Crippen molar-refractivity contribution in [3.63, 3.8) is 0 Å². The minimum absolute atomic E-state index is 0.0184. The smallest absolute Gasteiger partial charge is 0.422 e. The molecule has 0 aliphatic rings. The van der Waals surface area contributed by atoms with Crippen LogP contribution in [0.5, 0.6) is 5.75 Å². The summed E-state index contributed by atoms with van der Waals surface area (Å²) in [5, 5.41) is 0. The second-order valence-electron chi connectivity index (χ2n) is 3.73. The number of hydrogen-bond acceptors (Lipinski definition) is 3. The summed E-state index contributed by atoms with van der Waals surface area (Å²) in [6.07, 6.45) is -3.16. The predicted molar refractivity (Wildman–Crippen MR) is 57.2 cm³/mol. The van der Waals surface area contributed by atoms with Crippen molar-refractivity contribution in [2.45, 2.75) is 31.8 Å². The normalized spacial score (nSPS) is 11.9. The summed E-state index contributed by atoms with van der Waals surface area (Å²) in [6.45, 7) is 2.38. The summed E-state index contributed by atoms with van der Waals surface area (Å²) in [7, 11) is 0. The second kappa shape index (κ2) is 5.53. The van der Waals surface area contributed by atoms with Gasteiger partial charge in [-0.3, -0.25) is 0 Å². The van der Waals surface area contributed by atoms with Crippen molar-refractivity contribution in [2.75, 3.05) is 6.61 Å². The highest BCUT2D eigenvalue weighted by atomic mass is 35.5. The van der Waals surface area contributed by atoms with Crippen LogP contribution in [-0.4, -0.2) is 22.8 Å². The summed E-state index contributed by atoms with van der Waals surface area (Å²) >= 11 is 5.61. The zero-order chi connectivity index (χ0) is 13.1. The maximum atomic E-state index is 12.0. The maximum absolute atomic E-state index is 12.0. The summed E-state index contributed by atoms with van der Waals surface area (Å²) < 4.78 is 40.5. The van der Waals surface area contributed by atoms with E-state index in [2.05, 4.69) is 14.7 Å². The van der Waals surface area contributed by atoms with Crippen LogP contribution in [0, 0.1) is 0 Å². The van der Waals surface area contributed by atoms with Crippen LogP contribution < -0.4 is 4.74 Å². The lowest BCUT2D eigenvalue weighted by atomic mass is 10.2. The Morgan fingerprint density at radius 2 is 2.06 bits per heavy atom. The Balaban J connectivity index is 2.86. The Hall–Kier alpha value is -1.04. The molecule has 0 saturated carbocycles. The molecule has 0 spiro atoms. The van der Waals surface area contributed by atoms with Gasteiger partial charge in [0.15, 0.2) is 12.4 Å². The Bertz CT molecular complexity index is 382. The van der Waals surface area contributed by atoms with E-state index in [0.717, 1.165) is 0 Å². The number of rotatable bonds is 4. The van der Waals surface area contributed by atoms with E-state index in [-0.39, 0.29) is 23.2 Å². The molecule has 0 amide bonds. The number of alkyl halides is 4. The molecule has 1 aromatic heterocycles. The predicted octanol–water partition coefficient (Wildman–Crippen LogP) is 3.28. The van der Waals surface area contributed by atoms with E-state index in [1.54, 1.807) is 0 Å². The van der Waals surface area contributed by atoms with Crippen molar-refractivity contribution < 1.29 is 17.9 Å². The lowest BCUT2D eigenvalue weighted by Crippen LogP contribution is -2.20. The molecule has 0 fully saturated rings. The topological polar surface area (TPSA) is 35.0 Å². The van der Waals surface area contributed by atoms with Crippen LogP contribution in [0.25, 0.3) is 0 Å². The SMILES string of the molecule is CC(C)c1ncc(OCC(F)(F)F)c(CCl)n1. The molecule has 0 unspecified atom stereocenters. The molecule has 0 aromatic carbocycles. The number of aromatic nitrogens is 2. The molecule has 96 valence electrons. The van der Waals surface area contributed by atoms with E-state index >= 15 is 0 Å². The first-order valence-corrected chi connectivity index (χ1v) is 5.48. The molecule has 0 aliphatic heterocycles. The Morgan fingerprint density at radius 3 is 2.53 bits per heavy atom. The third-order valence-electron chi connectivity index (χ3n) is 1.88. The van der Waals surface area contributed by atoms with E-state index in [1.165, 1.54) is 6.20 Å². The van der Waals surface area contributed by atoms with Crippen LogP contribution in [0.3, 0.4) is 0 Å². The largest absolute Gasteiger partial charge is 0.481 e. The maximum Gasteiger partial charge on any atom is 0.422 e. The molecule has 0 aliphatic carbocycles. The molecule has 7 heteroatoms. The zero-order valence-corrected chi connectivity index (χ0v) is 10.1. The Labute approximate surface area is 102 Å². The number of ether oxygens (including phenoxy) is 1. The van der Waals surface area contributed by atoms with E-state index in [1.807, 2.05) is 13.8 Å². The minimum Gasteiger partial charge on any atom is -0.481 e. The summed E-state index contributed by atoms with van der Waals surface area (Å²) in [6, 6.07) is 0. The van der Waals surface area contributed by atoms with Crippen LogP contribution in [0.15, 0.2) is 6.20 Å². The second-order valence-corrected chi connectivity index (χ2v) is 4.00. The fourth-order valence-corrected chi connectivity index (χ4v) is 1.27. The average molecular weight is 269 g/mol. The summed E-state index contributed by atoms with van der Waals surface area (Å²) in [4.78, 5) is 7.98. The van der Waals surface area contributed by atoms with Gasteiger partial charge in [-0.1, -0.05) is 13.8 Å². The lowest BCUT2D eigenvalue weighted by Gasteiger charge is -2.12. The Kier molecular flexibility index (Phi) is 4.56. The van der Waals surface area contributed by atoms with Crippen molar-refractivity contribution in [2.24, 2.45) is 0 Å². The van der Waals surface area contributed by atoms with E-state index in [0.29, 0.717) is 5.82 Å². The van der Waals surface area contributed by atoms with Crippen molar-refractivity contribution in [1.29, 1.82) is 0 Å². The number of nitrogens with zero attached hydrogens (tertiary/aromatic N) is 2. The Morgan fingerprint density at radius 1 is 1.41 bits per heavy atom. The van der Waals surface area contributed by atoms with Crippen LogP contribution in [-0.2, 0) is 5.88 Å². The molecule has 0 saturated heterocycles. The van der Waals surface area contributed by atoms with Gasteiger partial charge in [0.25, 0.3) is 0 Å². The molecule has 0 radical (unpaired) electrons.